The highest BCUT2D eigenvalue weighted by Gasteiger charge is 2.13. The second-order valence-corrected chi connectivity index (χ2v) is 3.86. The Balaban J connectivity index is 2.73. The molecule has 0 aromatic heterocycles. The lowest BCUT2D eigenvalue weighted by molar-refractivity contribution is 0.650. The van der Waals surface area contributed by atoms with Crippen LogP contribution in [0.3, 0.4) is 0 Å². The Bertz CT molecular complexity index is 161. The predicted octanol–water partition coefficient (Wildman–Crippen LogP) is 2.00. The third kappa shape index (κ3) is 2.24. The first kappa shape index (κ1) is 9.14. The Labute approximate surface area is 74.7 Å². The van der Waals surface area contributed by atoms with E-state index >= 15 is 0 Å². The van der Waals surface area contributed by atoms with E-state index in [1.165, 1.54) is 12.8 Å². The molecule has 0 spiro atoms. The van der Waals surface area contributed by atoms with Crippen molar-refractivity contribution in [3.8, 4) is 0 Å². The maximum absolute atomic E-state index is 4.47. The summed E-state index contributed by atoms with van der Waals surface area (Å²) in [5.74, 6) is 0. The van der Waals surface area contributed by atoms with Crippen LogP contribution >= 0.6 is 12.6 Å². The molecule has 0 aliphatic carbocycles. The van der Waals surface area contributed by atoms with Gasteiger partial charge in [0.05, 0.1) is 0 Å². The number of nitrogens with one attached hydrogen (secondary N) is 1. The Morgan fingerprint density at radius 1 is 1.64 bits per heavy atom. The Morgan fingerprint density at radius 3 is 2.82 bits per heavy atom. The summed E-state index contributed by atoms with van der Waals surface area (Å²) in [6, 6.07) is 0. The number of thiol groups is 1. The zero-order valence-corrected chi connectivity index (χ0v) is 8.25. The van der Waals surface area contributed by atoms with Crippen molar-refractivity contribution in [1.82, 2.24) is 5.32 Å². The van der Waals surface area contributed by atoms with Crippen LogP contribution in [0.5, 0.6) is 0 Å². The molecule has 0 aromatic rings. The molecular formula is C9H17NS. The standard InChI is InChI=1S/C9H17NS/c1-3-8-6-10-5-4-9(8)7(2)11/h7,10-11H,3-6H2,1-2H3. The Hall–Kier alpha value is 0.0500. The van der Waals surface area contributed by atoms with Crippen molar-refractivity contribution >= 4 is 12.6 Å². The summed E-state index contributed by atoms with van der Waals surface area (Å²) >= 11 is 4.47. The molecule has 0 bridgehead atoms. The molecule has 0 saturated heterocycles. The summed E-state index contributed by atoms with van der Waals surface area (Å²) in [5, 5.41) is 3.83. The van der Waals surface area contributed by atoms with Crippen LogP contribution in [0.2, 0.25) is 0 Å². The highest BCUT2D eigenvalue weighted by Crippen LogP contribution is 2.21. The van der Waals surface area contributed by atoms with E-state index < -0.39 is 0 Å². The normalized spacial score (nSPS) is 22.1. The van der Waals surface area contributed by atoms with E-state index in [-0.39, 0.29) is 0 Å². The van der Waals surface area contributed by atoms with Crippen molar-refractivity contribution in [2.24, 2.45) is 0 Å². The van der Waals surface area contributed by atoms with Gasteiger partial charge in [-0.25, -0.2) is 0 Å². The minimum absolute atomic E-state index is 0.451. The van der Waals surface area contributed by atoms with Gasteiger partial charge < -0.3 is 5.32 Å². The molecule has 1 aliphatic rings. The first-order chi connectivity index (χ1) is 5.25. The van der Waals surface area contributed by atoms with Gasteiger partial charge in [0.2, 0.25) is 0 Å². The fraction of sp³-hybridized carbons (Fsp3) is 0.778. The zero-order valence-electron chi connectivity index (χ0n) is 7.35. The van der Waals surface area contributed by atoms with Crippen molar-refractivity contribution in [2.45, 2.75) is 31.9 Å². The number of hydrogen-bond acceptors (Lipinski definition) is 2. The van der Waals surface area contributed by atoms with Gasteiger partial charge in [-0.1, -0.05) is 18.1 Å². The summed E-state index contributed by atoms with van der Waals surface area (Å²) in [6.45, 7) is 6.60. The van der Waals surface area contributed by atoms with E-state index in [1.807, 2.05) is 0 Å². The fourth-order valence-corrected chi connectivity index (χ4v) is 1.92. The third-order valence-electron chi connectivity index (χ3n) is 2.29. The molecule has 1 N–H and O–H groups in total. The lowest BCUT2D eigenvalue weighted by atomic mass is 9.97. The molecule has 0 radical (unpaired) electrons. The van der Waals surface area contributed by atoms with Gasteiger partial charge in [-0.3, -0.25) is 0 Å². The summed E-state index contributed by atoms with van der Waals surface area (Å²) in [7, 11) is 0. The average Bonchev–Trinajstić information content (AvgIpc) is 2.04. The van der Waals surface area contributed by atoms with E-state index in [1.54, 1.807) is 11.1 Å². The monoisotopic (exact) mass is 171 g/mol. The van der Waals surface area contributed by atoms with Crippen LogP contribution in [-0.2, 0) is 0 Å². The fourth-order valence-electron chi connectivity index (χ4n) is 1.61. The molecule has 64 valence electrons. The second-order valence-electron chi connectivity index (χ2n) is 3.09. The first-order valence-corrected chi connectivity index (χ1v) is 4.87. The van der Waals surface area contributed by atoms with Crippen molar-refractivity contribution in [3.05, 3.63) is 11.1 Å². The highest BCUT2D eigenvalue weighted by molar-refractivity contribution is 7.81. The Kier molecular flexibility index (Phi) is 3.46. The van der Waals surface area contributed by atoms with Gasteiger partial charge >= 0.3 is 0 Å². The van der Waals surface area contributed by atoms with Gasteiger partial charge in [0.15, 0.2) is 0 Å². The topological polar surface area (TPSA) is 12.0 Å². The minimum Gasteiger partial charge on any atom is -0.313 e. The zero-order chi connectivity index (χ0) is 8.27. The molecule has 0 aromatic carbocycles. The molecular weight excluding hydrogens is 154 g/mol. The van der Waals surface area contributed by atoms with Gasteiger partial charge in [-0.15, -0.1) is 0 Å². The molecule has 1 nitrogen and oxygen atoms in total. The molecule has 1 heterocycles. The molecule has 0 saturated carbocycles. The largest absolute Gasteiger partial charge is 0.313 e. The number of hydrogen-bond donors (Lipinski definition) is 2. The molecule has 1 aliphatic heterocycles. The predicted molar refractivity (Wildman–Crippen MR) is 53.3 cm³/mol. The van der Waals surface area contributed by atoms with E-state index in [2.05, 4.69) is 31.8 Å². The summed E-state index contributed by atoms with van der Waals surface area (Å²) < 4.78 is 0. The van der Waals surface area contributed by atoms with Crippen molar-refractivity contribution in [2.75, 3.05) is 13.1 Å². The van der Waals surface area contributed by atoms with Crippen LogP contribution in [0, 0.1) is 0 Å². The van der Waals surface area contributed by atoms with Gasteiger partial charge in [-0.05, 0) is 26.3 Å². The smallest absolute Gasteiger partial charge is 0.0201 e. The van der Waals surface area contributed by atoms with Crippen LogP contribution < -0.4 is 5.32 Å². The second kappa shape index (κ2) is 4.17. The van der Waals surface area contributed by atoms with Crippen molar-refractivity contribution in [1.29, 1.82) is 0 Å². The number of rotatable bonds is 2. The van der Waals surface area contributed by atoms with E-state index in [9.17, 15) is 0 Å². The van der Waals surface area contributed by atoms with Crippen LogP contribution in [0.4, 0.5) is 0 Å². The lowest BCUT2D eigenvalue weighted by Gasteiger charge is -2.22. The van der Waals surface area contributed by atoms with Crippen LogP contribution in [-0.4, -0.2) is 18.3 Å². The maximum atomic E-state index is 4.47. The molecule has 0 amide bonds. The molecule has 0 fully saturated rings. The first-order valence-electron chi connectivity index (χ1n) is 4.35. The van der Waals surface area contributed by atoms with Crippen molar-refractivity contribution < 1.29 is 0 Å². The summed E-state index contributed by atoms with van der Waals surface area (Å²) in [6.07, 6.45) is 2.36. The van der Waals surface area contributed by atoms with Gasteiger partial charge in [0.25, 0.3) is 0 Å². The van der Waals surface area contributed by atoms with Crippen LogP contribution in [0.1, 0.15) is 26.7 Å². The SMILES string of the molecule is CCC1=C(C(C)S)CCNC1. The Morgan fingerprint density at radius 2 is 2.36 bits per heavy atom. The molecule has 2 heteroatoms. The van der Waals surface area contributed by atoms with Crippen molar-refractivity contribution in [3.63, 3.8) is 0 Å². The molecule has 11 heavy (non-hydrogen) atoms. The average molecular weight is 171 g/mol. The van der Waals surface area contributed by atoms with Gasteiger partial charge in [-0.2, -0.15) is 12.6 Å². The van der Waals surface area contributed by atoms with Gasteiger partial charge in [0.1, 0.15) is 0 Å². The lowest BCUT2D eigenvalue weighted by Crippen LogP contribution is -2.27. The van der Waals surface area contributed by atoms with E-state index in [0.29, 0.717) is 5.25 Å². The molecule has 1 unspecified atom stereocenters. The van der Waals surface area contributed by atoms with Crippen LogP contribution in [0.25, 0.3) is 0 Å². The summed E-state index contributed by atoms with van der Waals surface area (Å²) in [5.41, 5.74) is 3.13. The quantitative estimate of drug-likeness (QED) is 0.478. The minimum atomic E-state index is 0.451. The van der Waals surface area contributed by atoms with E-state index in [0.717, 1.165) is 13.1 Å². The van der Waals surface area contributed by atoms with Crippen LogP contribution in [0.15, 0.2) is 11.1 Å². The van der Waals surface area contributed by atoms with E-state index in [4.69, 9.17) is 0 Å². The molecule has 1 atom stereocenters. The molecule has 1 rings (SSSR count). The highest BCUT2D eigenvalue weighted by atomic mass is 32.1. The maximum Gasteiger partial charge on any atom is 0.0201 e. The van der Waals surface area contributed by atoms with Gasteiger partial charge in [0, 0.05) is 11.8 Å². The third-order valence-corrected chi connectivity index (χ3v) is 2.61. The summed E-state index contributed by atoms with van der Waals surface area (Å²) in [4.78, 5) is 0.